The summed E-state index contributed by atoms with van der Waals surface area (Å²) in [5.41, 5.74) is 1.31. The molecule has 0 unspecified atom stereocenters. The summed E-state index contributed by atoms with van der Waals surface area (Å²) in [7, 11) is 3.26. The van der Waals surface area contributed by atoms with E-state index in [0.29, 0.717) is 15.7 Å². The van der Waals surface area contributed by atoms with Crippen LogP contribution < -0.4 is 5.32 Å². The van der Waals surface area contributed by atoms with Crippen molar-refractivity contribution in [3.05, 3.63) is 35.2 Å². The molecule has 0 aliphatic heterocycles. The molecule has 0 spiro atoms. The Morgan fingerprint density at radius 2 is 1.95 bits per heavy atom. The summed E-state index contributed by atoms with van der Waals surface area (Å²) in [6, 6.07) is 9.02. The maximum Gasteiger partial charge on any atom is 0.350 e. The fourth-order valence-corrected chi connectivity index (χ4v) is 2.57. The number of hydrogen-bond acceptors (Lipinski definition) is 5. The Morgan fingerprint density at radius 1 is 1.27 bits per heavy atom. The Bertz CT molecular complexity index is 668. The minimum Gasteiger partial charge on any atom is -0.462 e. The Morgan fingerprint density at radius 3 is 2.55 bits per heavy atom. The van der Waals surface area contributed by atoms with Crippen LogP contribution in [-0.2, 0) is 4.74 Å². The molecule has 1 heterocycles. The number of hydrogen-bond donors (Lipinski definition) is 1. The van der Waals surface area contributed by atoms with Gasteiger partial charge in [-0.25, -0.2) is 14.6 Å². The number of aromatic nitrogens is 1. The number of benzene rings is 1. The number of nitrogens with zero attached hydrogens (tertiary/aromatic N) is 2. The molecule has 1 N–H and O–H groups in total. The van der Waals surface area contributed by atoms with E-state index in [1.807, 2.05) is 30.3 Å². The van der Waals surface area contributed by atoms with Gasteiger partial charge >= 0.3 is 12.0 Å². The van der Waals surface area contributed by atoms with Gasteiger partial charge in [-0.1, -0.05) is 41.7 Å². The summed E-state index contributed by atoms with van der Waals surface area (Å²) >= 11 is 1.10. The van der Waals surface area contributed by atoms with E-state index in [1.165, 1.54) is 4.90 Å². The number of anilines is 1. The van der Waals surface area contributed by atoms with Crippen LogP contribution >= 0.6 is 11.3 Å². The second-order valence-corrected chi connectivity index (χ2v) is 5.61. The third-order valence-electron chi connectivity index (χ3n) is 2.76. The van der Waals surface area contributed by atoms with Gasteiger partial charge < -0.3 is 9.64 Å². The SMILES string of the molecule is CCOC(=O)c1sc(NC(=O)N(C)C)nc1-c1ccccc1. The molecule has 0 aliphatic rings. The zero-order valence-electron chi connectivity index (χ0n) is 12.6. The monoisotopic (exact) mass is 319 g/mol. The number of nitrogens with one attached hydrogen (secondary N) is 1. The summed E-state index contributed by atoms with van der Waals surface area (Å²) in [4.78, 5) is 30.0. The van der Waals surface area contributed by atoms with Gasteiger partial charge in [-0.15, -0.1) is 0 Å². The number of amides is 2. The van der Waals surface area contributed by atoms with E-state index in [1.54, 1.807) is 21.0 Å². The third-order valence-corrected chi connectivity index (χ3v) is 3.71. The van der Waals surface area contributed by atoms with Gasteiger partial charge in [0.25, 0.3) is 0 Å². The van der Waals surface area contributed by atoms with Crippen molar-refractivity contribution in [1.82, 2.24) is 9.88 Å². The van der Waals surface area contributed by atoms with Crippen molar-refractivity contribution in [1.29, 1.82) is 0 Å². The molecule has 2 amide bonds. The Kier molecular flexibility index (Phi) is 5.11. The number of thiazole rings is 1. The summed E-state index contributed by atoms with van der Waals surface area (Å²) in [6.45, 7) is 2.03. The van der Waals surface area contributed by atoms with Crippen LogP contribution in [-0.4, -0.2) is 42.6 Å². The molecule has 2 rings (SSSR count). The molecule has 1 aromatic carbocycles. The normalized spacial score (nSPS) is 10.1. The maximum absolute atomic E-state index is 12.1. The number of carbonyl (C=O) groups excluding carboxylic acids is 2. The standard InChI is InChI=1S/C15H17N3O3S/c1-4-21-13(19)12-11(10-8-6-5-7-9-10)16-14(22-12)17-15(20)18(2)3/h5-9H,4H2,1-3H3,(H,16,17,20). The predicted octanol–water partition coefficient (Wildman–Crippen LogP) is 3.08. The van der Waals surface area contributed by atoms with Gasteiger partial charge in [0.2, 0.25) is 0 Å². The Labute approximate surface area is 132 Å². The highest BCUT2D eigenvalue weighted by molar-refractivity contribution is 7.18. The van der Waals surface area contributed by atoms with Crippen molar-refractivity contribution in [3.63, 3.8) is 0 Å². The highest BCUT2D eigenvalue weighted by atomic mass is 32.1. The average Bonchev–Trinajstić information content (AvgIpc) is 2.92. The first kappa shape index (κ1) is 16.0. The molecule has 6 nitrogen and oxygen atoms in total. The zero-order valence-corrected chi connectivity index (χ0v) is 13.4. The van der Waals surface area contributed by atoms with Crippen molar-refractivity contribution < 1.29 is 14.3 Å². The topological polar surface area (TPSA) is 71.5 Å². The molecule has 7 heteroatoms. The van der Waals surface area contributed by atoms with Crippen molar-refractivity contribution in [2.24, 2.45) is 0 Å². The Hall–Kier alpha value is -2.41. The lowest BCUT2D eigenvalue weighted by Crippen LogP contribution is -2.27. The molecule has 116 valence electrons. The van der Waals surface area contributed by atoms with Crippen molar-refractivity contribution >= 4 is 28.5 Å². The minimum atomic E-state index is -0.441. The molecule has 0 saturated carbocycles. The van der Waals surface area contributed by atoms with E-state index < -0.39 is 5.97 Å². The van der Waals surface area contributed by atoms with E-state index >= 15 is 0 Å². The fourth-order valence-electron chi connectivity index (χ4n) is 1.70. The van der Waals surface area contributed by atoms with Gasteiger partial charge in [0.15, 0.2) is 5.13 Å². The molecule has 0 fully saturated rings. The predicted molar refractivity (Wildman–Crippen MR) is 86.2 cm³/mol. The summed E-state index contributed by atoms with van der Waals surface area (Å²) in [6.07, 6.45) is 0. The number of rotatable bonds is 4. The van der Waals surface area contributed by atoms with E-state index in [2.05, 4.69) is 10.3 Å². The summed E-state index contributed by atoms with van der Waals surface area (Å²) in [5, 5.41) is 3.02. The highest BCUT2D eigenvalue weighted by Gasteiger charge is 2.21. The van der Waals surface area contributed by atoms with Crippen molar-refractivity contribution in [2.75, 3.05) is 26.0 Å². The molecular formula is C15H17N3O3S. The molecule has 0 saturated heterocycles. The number of carbonyl (C=O) groups is 2. The lowest BCUT2D eigenvalue weighted by atomic mass is 10.1. The first-order valence-electron chi connectivity index (χ1n) is 6.74. The summed E-state index contributed by atoms with van der Waals surface area (Å²) in [5.74, 6) is -0.441. The van der Waals surface area contributed by atoms with Gasteiger partial charge in [0, 0.05) is 19.7 Å². The second kappa shape index (κ2) is 7.04. The lowest BCUT2D eigenvalue weighted by molar-refractivity contribution is 0.0532. The number of esters is 1. The van der Waals surface area contributed by atoms with E-state index in [0.717, 1.165) is 16.9 Å². The van der Waals surface area contributed by atoms with E-state index in [9.17, 15) is 9.59 Å². The van der Waals surface area contributed by atoms with Crippen LogP contribution in [0.5, 0.6) is 0 Å². The smallest absolute Gasteiger partial charge is 0.350 e. The van der Waals surface area contributed by atoms with Crippen LogP contribution in [0.15, 0.2) is 30.3 Å². The quantitative estimate of drug-likeness (QED) is 0.879. The van der Waals surface area contributed by atoms with Gasteiger partial charge in [0.1, 0.15) is 4.88 Å². The van der Waals surface area contributed by atoms with E-state index in [-0.39, 0.29) is 12.6 Å². The lowest BCUT2D eigenvalue weighted by Gasteiger charge is -2.09. The molecule has 1 aromatic heterocycles. The zero-order chi connectivity index (χ0) is 16.1. The van der Waals surface area contributed by atoms with Crippen LogP contribution in [0.3, 0.4) is 0 Å². The van der Waals surface area contributed by atoms with Gasteiger partial charge in [0.05, 0.1) is 12.3 Å². The van der Waals surface area contributed by atoms with Crippen LogP contribution in [0, 0.1) is 0 Å². The maximum atomic E-state index is 12.1. The molecule has 0 bridgehead atoms. The third kappa shape index (κ3) is 3.62. The second-order valence-electron chi connectivity index (χ2n) is 4.61. The Balaban J connectivity index is 2.39. The molecular weight excluding hydrogens is 302 g/mol. The van der Waals surface area contributed by atoms with Crippen LogP contribution in [0.1, 0.15) is 16.6 Å². The first-order valence-corrected chi connectivity index (χ1v) is 7.56. The molecule has 0 atom stereocenters. The van der Waals surface area contributed by atoms with Gasteiger partial charge in [-0.3, -0.25) is 5.32 Å². The molecule has 22 heavy (non-hydrogen) atoms. The average molecular weight is 319 g/mol. The number of ether oxygens (including phenoxy) is 1. The molecule has 2 aromatic rings. The highest BCUT2D eigenvalue weighted by Crippen LogP contribution is 2.31. The van der Waals surface area contributed by atoms with Gasteiger partial charge in [-0.2, -0.15) is 0 Å². The summed E-state index contributed by atoms with van der Waals surface area (Å²) < 4.78 is 5.06. The van der Waals surface area contributed by atoms with Crippen molar-refractivity contribution in [2.45, 2.75) is 6.92 Å². The molecule has 0 radical (unpaired) electrons. The molecule has 0 aliphatic carbocycles. The van der Waals surface area contributed by atoms with Crippen LogP contribution in [0.2, 0.25) is 0 Å². The largest absolute Gasteiger partial charge is 0.462 e. The number of urea groups is 1. The van der Waals surface area contributed by atoms with E-state index in [4.69, 9.17) is 4.74 Å². The fraction of sp³-hybridized carbons (Fsp3) is 0.267. The van der Waals surface area contributed by atoms with Crippen LogP contribution in [0.4, 0.5) is 9.93 Å². The first-order chi connectivity index (χ1) is 10.5. The van der Waals surface area contributed by atoms with Crippen LogP contribution in [0.25, 0.3) is 11.3 Å². The van der Waals surface area contributed by atoms with Crippen molar-refractivity contribution in [3.8, 4) is 11.3 Å². The minimum absolute atomic E-state index is 0.282. The van der Waals surface area contributed by atoms with Gasteiger partial charge in [-0.05, 0) is 6.92 Å².